The van der Waals surface area contributed by atoms with Crippen molar-refractivity contribution in [2.24, 2.45) is 0 Å². The molecule has 0 radical (unpaired) electrons. The van der Waals surface area contributed by atoms with Crippen LogP contribution in [0.4, 0.5) is 5.69 Å². The van der Waals surface area contributed by atoms with Gasteiger partial charge in [-0.25, -0.2) is 8.42 Å². The van der Waals surface area contributed by atoms with Crippen molar-refractivity contribution in [3.05, 3.63) is 82.5 Å². The lowest BCUT2D eigenvalue weighted by atomic mass is 10.2. The highest BCUT2D eigenvalue weighted by atomic mass is 35.5. The topological polar surface area (TPSA) is 77.5 Å². The fourth-order valence-corrected chi connectivity index (χ4v) is 5.03. The van der Waals surface area contributed by atoms with Gasteiger partial charge in [0.2, 0.25) is 0 Å². The number of halogens is 2. The standard InChI is InChI=1S/C23H18Cl2N2O4S/c1-14-7-8-22(18(24)9-14)32(28,29)27-16-11-19(25)23(21(12-16)30-2)31-17-10-15-5-3-4-6-20(15)26-13-17/h3-13,27H,1-2H3. The number of aryl methyl sites for hydroxylation is 1. The zero-order chi connectivity index (χ0) is 22.9. The van der Waals surface area contributed by atoms with E-state index in [4.69, 9.17) is 32.7 Å². The van der Waals surface area contributed by atoms with Gasteiger partial charge in [0, 0.05) is 11.5 Å². The van der Waals surface area contributed by atoms with Gasteiger partial charge in [-0.05, 0) is 42.8 Å². The maximum Gasteiger partial charge on any atom is 0.263 e. The fraction of sp³-hybridized carbons (Fsp3) is 0.0870. The number of nitrogens with one attached hydrogen (secondary N) is 1. The molecule has 0 unspecified atom stereocenters. The van der Waals surface area contributed by atoms with Gasteiger partial charge in [0.05, 0.1) is 34.6 Å². The number of anilines is 1. The maximum absolute atomic E-state index is 12.8. The number of pyridine rings is 1. The highest BCUT2D eigenvalue weighted by Gasteiger charge is 2.21. The van der Waals surface area contributed by atoms with E-state index >= 15 is 0 Å². The molecular weight excluding hydrogens is 471 g/mol. The van der Waals surface area contributed by atoms with Crippen molar-refractivity contribution in [3.63, 3.8) is 0 Å². The van der Waals surface area contributed by atoms with Gasteiger partial charge >= 0.3 is 0 Å². The number of methoxy groups -OCH3 is 1. The molecule has 0 aliphatic carbocycles. The van der Waals surface area contributed by atoms with Crippen LogP contribution in [0.3, 0.4) is 0 Å². The predicted molar refractivity (Wildman–Crippen MR) is 127 cm³/mol. The molecule has 1 heterocycles. The van der Waals surface area contributed by atoms with Crippen LogP contribution in [0.25, 0.3) is 10.9 Å². The van der Waals surface area contributed by atoms with Crippen molar-refractivity contribution in [1.82, 2.24) is 4.98 Å². The number of sulfonamides is 1. The van der Waals surface area contributed by atoms with E-state index in [1.54, 1.807) is 18.3 Å². The number of hydrogen-bond donors (Lipinski definition) is 1. The van der Waals surface area contributed by atoms with E-state index < -0.39 is 10.0 Å². The maximum atomic E-state index is 12.8. The zero-order valence-corrected chi connectivity index (χ0v) is 19.4. The summed E-state index contributed by atoms with van der Waals surface area (Å²) in [6.07, 6.45) is 1.58. The summed E-state index contributed by atoms with van der Waals surface area (Å²) in [5.74, 6) is 0.949. The van der Waals surface area contributed by atoms with E-state index in [1.165, 1.54) is 25.3 Å². The summed E-state index contributed by atoms with van der Waals surface area (Å²) in [5, 5.41) is 1.18. The molecule has 0 saturated carbocycles. The molecule has 0 bridgehead atoms. The van der Waals surface area contributed by atoms with Gasteiger partial charge in [-0.15, -0.1) is 0 Å². The average Bonchev–Trinajstić information content (AvgIpc) is 2.74. The third-order valence-electron chi connectivity index (χ3n) is 4.64. The summed E-state index contributed by atoms with van der Waals surface area (Å²) in [6, 6.07) is 17.1. The number of fused-ring (bicyclic) bond motifs is 1. The second-order valence-corrected chi connectivity index (χ2v) is 9.46. The van der Waals surface area contributed by atoms with Crippen molar-refractivity contribution < 1.29 is 17.9 Å². The quantitative estimate of drug-likeness (QED) is 0.337. The van der Waals surface area contributed by atoms with Crippen LogP contribution in [-0.2, 0) is 10.0 Å². The molecule has 0 saturated heterocycles. The van der Waals surface area contributed by atoms with Crippen molar-refractivity contribution in [1.29, 1.82) is 0 Å². The van der Waals surface area contributed by atoms with Crippen molar-refractivity contribution >= 4 is 49.8 Å². The Bertz CT molecular complexity index is 1430. The van der Waals surface area contributed by atoms with Gasteiger partial charge < -0.3 is 9.47 Å². The third kappa shape index (κ3) is 4.60. The third-order valence-corrected chi connectivity index (χ3v) is 6.79. The lowest BCUT2D eigenvalue weighted by molar-refractivity contribution is 0.379. The first-order valence-corrected chi connectivity index (χ1v) is 11.7. The Morgan fingerprint density at radius 1 is 0.969 bits per heavy atom. The van der Waals surface area contributed by atoms with Crippen molar-refractivity contribution in [2.75, 3.05) is 11.8 Å². The van der Waals surface area contributed by atoms with Gasteiger partial charge in [0.1, 0.15) is 10.6 Å². The molecule has 3 aromatic carbocycles. The Hall–Kier alpha value is -3.00. The number of nitrogens with zero attached hydrogens (tertiary/aromatic N) is 1. The summed E-state index contributed by atoms with van der Waals surface area (Å²) in [4.78, 5) is 4.32. The number of benzene rings is 3. The van der Waals surface area contributed by atoms with Crippen LogP contribution in [0.15, 0.2) is 71.8 Å². The van der Waals surface area contributed by atoms with Crippen LogP contribution in [0.1, 0.15) is 5.56 Å². The molecule has 0 aliphatic rings. The molecule has 0 fully saturated rings. The summed E-state index contributed by atoms with van der Waals surface area (Å²) >= 11 is 12.6. The molecule has 0 atom stereocenters. The molecule has 6 nitrogen and oxygen atoms in total. The molecule has 32 heavy (non-hydrogen) atoms. The van der Waals surface area contributed by atoms with Gasteiger partial charge in [-0.3, -0.25) is 9.71 Å². The Balaban J connectivity index is 1.65. The van der Waals surface area contributed by atoms with Crippen molar-refractivity contribution in [3.8, 4) is 17.2 Å². The molecule has 1 N–H and O–H groups in total. The highest BCUT2D eigenvalue weighted by Crippen LogP contribution is 2.41. The summed E-state index contributed by atoms with van der Waals surface area (Å²) in [5.41, 5.74) is 1.88. The van der Waals surface area contributed by atoms with Crippen LogP contribution in [0.2, 0.25) is 10.0 Å². The van der Waals surface area contributed by atoms with Crippen LogP contribution < -0.4 is 14.2 Å². The SMILES string of the molecule is COc1cc(NS(=O)(=O)c2ccc(C)cc2Cl)cc(Cl)c1Oc1cnc2ccccc2c1. The van der Waals surface area contributed by atoms with Gasteiger partial charge in [0.15, 0.2) is 11.5 Å². The molecule has 1 aromatic heterocycles. The molecule has 4 aromatic rings. The Kier molecular flexibility index (Phi) is 6.15. The van der Waals surface area contributed by atoms with E-state index in [-0.39, 0.29) is 32.1 Å². The first kappa shape index (κ1) is 22.2. The molecule has 4 rings (SSSR count). The summed E-state index contributed by atoms with van der Waals surface area (Å²) in [7, 11) is -2.51. The number of rotatable bonds is 6. The fourth-order valence-electron chi connectivity index (χ4n) is 3.14. The number of ether oxygens (including phenoxy) is 2. The van der Waals surface area contributed by atoms with Gasteiger partial charge in [0.25, 0.3) is 10.0 Å². The van der Waals surface area contributed by atoms with Gasteiger partial charge in [-0.2, -0.15) is 0 Å². The number of hydrogen-bond acceptors (Lipinski definition) is 5. The second kappa shape index (κ2) is 8.86. The Morgan fingerprint density at radius 2 is 1.75 bits per heavy atom. The Morgan fingerprint density at radius 3 is 2.50 bits per heavy atom. The lowest BCUT2D eigenvalue weighted by Gasteiger charge is -2.15. The summed E-state index contributed by atoms with van der Waals surface area (Å²) in [6.45, 7) is 1.82. The molecule has 164 valence electrons. The van der Waals surface area contributed by atoms with Crippen LogP contribution in [0, 0.1) is 6.92 Å². The zero-order valence-electron chi connectivity index (χ0n) is 17.1. The summed E-state index contributed by atoms with van der Waals surface area (Å²) < 4.78 is 39.5. The smallest absolute Gasteiger partial charge is 0.263 e. The molecular formula is C23H18Cl2N2O4S. The van der Waals surface area contributed by atoms with Crippen LogP contribution in [0.5, 0.6) is 17.2 Å². The number of para-hydroxylation sites is 1. The normalized spacial score (nSPS) is 11.4. The van der Waals surface area contributed by atoms with E-state index in [0.717, 1.165) is 16.5 Å². The first-order valence-electron chi connectivity index (χ1n) is 9.46. The predicted octanol–water partition coefficient (Wildman–Crippen LogP) is 6.45. The molecule has 0 amide bonds. The minimum absolute atomic E-state index is 0.0394. The molecule has 0 aliphatic heterocycles. The monoisotopic (exact) mass is 488 g/mol. The second-order valence-electron chi connectivity index (χ2n) is 6.99. The Labute approximate surface area is 195 Å². The minimum Gasteiger partial charge on any atom is -0.493 e. The minimum atomic E-state index is -3.95. The molecule has 9 heteroatoms. The van der Waals surface area contributed by atoms with Gasteiger partial charge in [-0.1, -0.05) is 47.5 Å². The van der Waals surface area contributed by atoms with E-state index in [9.17, 15) is 8.42 Å². The number of aromatic nitrogens is 1. The largest absolute Gasteiger partial charge is 0.493 e. The van der Waals surface area contributed by atoms with Crippen LogP contribution in [-0.4, -0.2) is 20.5 Å². The van der Waals surface area contributed by atoms with Crippen molar-refractivity contribution in [2.45, 2.75) is 11.8 Å². The highest BCUT2D eigenvalue weighted by molar-refractivity contribution is 7.92. The first-order chi connectivity index (χ1) is 15.3. The van der Waals surface area contributed by atoms with E-state index in [0.29, 0.717) is 5.75 Å². The van der Waals surface area contributed by atoms with Crippen LogP contribution >= 0.6 is 23.2 Å². The van der Waals surface area contributed by atoms with E-state index in [2.05, 4.69) is 9.71 Å². The molecule has 0 spiro atoms. The average molecular weight is 489 g/mol. The van der Waals surface area contributed by atoms with E-state index in [1.807, 2.05) is 37.3 Å². The lowest BCUT2D eigenvalue weighted by Crippen LogP contribution is -2.13.